The normalized spacial score (nSPS) is 16.5. The van der Waals surface area contributed by atoms with Gasteiger partial charge in [-0.1, -0.05) is 0 Å². The fraction of sp³-hybridized carbons (Fsp3) is 0.643. The van der Waals surface area contributed by atoms with Crippen LogP contribution in [0.25, 0.3) is 0 Å². The molecule has 6 nitrogen and oxygen atoms in total. The van der Waals surface area contributed by atoms with E-state index in [9.17, 15) is 9.59 Å². The highest BCUT2D eigenvalue weighted by Gasteiger charge is 2.29. The quantitative estimate of drug-likeness (QED) is 0.849. The summed E-state index contributed by atoms with van der Waals surface area (Å²) in [5, 5.41) is 1.01. The lowest BCUT2D eigenvalue weighted by molar-refractivity contribution is -0.132. The number of aryl methyl sites for hydroxylation is 2. The number of nitrogens with zero attached hydrogens (tertiary/aromatic N) is 4. The number of urea groups is 1. The van der Waals surface area contributed by atoms with Gasteiger partial charge in [-0.05, 0) is 20.8 Å². The van der Waals surface area contributed by atoms with E-state index in [0.29, 0.717) is 13.1 Å². The summed E-state index contributed by atoms with van der Waals surface area (Å²) in [7, 11) is 3.52. The monoisotopic (exact) mass is 310 g/mol. The summed E-state index contributed by atoms with van der Waals surface area (Å²) in [6.07, 6.45) is 0. The largest absolute Gasteiger partial charge is 0.336 e. The van der Waals surface area contributed by atoms with Gasteiger partial charge in [0.2, 0.25) is 5.91 Å². The third-order valence-electron chi connectivity index (χ3n) is 3.94. The Labute approximate surface area is 129 Å². The van der Waals surface area contributed by atoms with E-state index >= 15 is 0 Å². The molecule has 1 aliphatic rings. The van der Waals surface area contributed by atoms with Crippen molar-refractivity contribution in [1.29, 1.82) is 0 Å². The molecule has 0 spiro atoms. The molecule has 0 radical (unpaired) electrons. The predicted octanol–water partition coefficient (Wildman–Crippen LogP) is 1.65. The van der Waals surface area contributed by atoms with Crippen molar-refractivity contribution in [3.8, 4) is 0 Å². The van der Waals surface area contributed by atoms with Gasteiger partial charge in [-0.3, -0.25) is 4.79 Å². The van der Waals surface area contributed by atoms with E-state index in [2.05, 4.69) is 4.98 Å². The maximum absolute atomic E-state index is 12.4. The van der Waals surface area contributed by atoms with Crippen LogP contribution >= 0.6 is 11.3 Å². The average molecular weight is 310 g/mol. The van der Waals surface area contributed by atoms with E-state index in [-0.39, 0.29) is 24.5 Å². The third-order valence-corrected chi connectivity index (χ3v) is 4.84. The van der Waals surface area contributed by atoms with Crippen LogP contribution in [0.2, 0.25) is 0 Å². The van der Waals surface area contributed by atoms with Crippen LogP contribution in [-0.2, 0) is 4.79 Å². The minimum Gasteiger partial charge on any atom is -0.336 e. The van der Waals surface area contributed by atoms with Crippen LogP contribution in [-0.4, -0.2) is 65.4 Å². The highest BCUT2D eigenvalue weighted by molar-refractivity contribution is 7.11. The first-order chi connectivity index (χ1) is 9.81. The molecule has 1 saturated heterocycles. The maximum Gasteiger partial charge on any atom is 0.320 e. The number of amides is 3. The van der Waals surface area contributed by atoms with Crippen LogP contribution in [0.3, 0.4) is 0 Å². The third kappa shape index (κ3) is 3.18. The molecular weight excluding hydrogens is 288 g/mol. The topological polar surface area (TPSA) is 56.8 Å². The number of aromatic nitrogens is 1. The molecule has 0 saturated carbocycles. The molecule has 0 aliphatic carbocycles. The Morgan fingerprint density at radius 3 is 2.57 bits per heavy atom. The highest BCUT2D eigenvalue weighted by Crippen LogP contribution is 2.26. The first-order valence-corrected chi connectivity index (χ1v) is 7.82. The van der Waals surface area contributed by atoms with Crippen LogP contribution in [0.5, 0.6) is 0 Å². The Hall–Kier alpha value is -1.63. The first kappa shape index (κ1) is 15.8. The summed E-state index contributed by atoms with van der Waals surface area (Å²) in [5.74, 6) is -0.0591. The molecule has 1 fully saturated rings. The molecule has 0 bridgehead atoms. The summed E-state index contributed by atoms with van der Waals surface area (Å²) < 4.78 is 0. The summed E-state index contributed by atoms with van der Waals surface area (Å²) in [4.78, 5) is 34.7. The van der Waals surface area contributed by atoms with Gasteiger partial charge < -0.3 is 14.7 Å². The summed E-state index contributed by atoms with van der Waals surface area (Å²) >= 11 is 1.64. The predicted molar refractivity (Wildman–Crippen MR) is 82.4 cm³/mol. The number of hydrogen-bond acceptors (Lipinski definition) is 4. The average Bonchev–Trinajstić information content (AvgIpc) is 2.93. The van der Waals surface area contributed by atoms with Crippen LogP contribution in [0, 0.1) is 13.8 Å². The number of hydrogen-bond donors (Lipinski definition) is 0. The summed E-state index contributed by atoms with van der Waals surface area (Å²) in [5.41, 5.74) is 0.943. The van der Waals surface area contributed by atoms with E-state index < -0.39 is 0 Å². The highest BCUT2D eigenvalue weighted by atomic mass is 32.1. The molecule has 2 rings (SSSR count). The molecule has 3 amide bonds. The lowest BCUT2D eigenvalue weighted by atomic mass is 10.2. The van der Waals surface area contributed by atoms with E-state index in [1.54, 1.807) is 40.1 Å². The standard InChI is InChI=1S/C14H22N4O2S/c1-9(13-10(2)21-11(3)15-13)17(5)12(19)8-18-7-6-16(4)14(18)20/h9H,6-8H2,1-5H3. The van der Waals surface area contributed by atoms with Crippen molar-refractivity contribution in [2.24, 2.45) is 0 Å². The first-order valence-electron chi connectivity index (χ1n) is 7.01. The van der Waals surface area contributed by atoms with Gasteiger partial charge in [-0.2, -0.15) is 0 Å². The second kappa shape index (κ2) is 6.01. The van der Waals surface area contributed by atoms with Crippen molar-refractivity contribution in [3.63, 3.8) is 0 Å². The number of thiazole rings is 1. The Morgan fingerprint density at radius 1 is 1.43 bits per heavy atom. The SMILES string of the molecule is Cc1nc(C(C)N(C)C(=O)CN2CCN(C)C2=O)c(C)s1. The second-order valence-electron chi connectivity index (χ2n) is 5.48. The van der Waals surface area contributed by atoms with Crippen molar-refractivity contribution in [2.75, 3.05) is 33.7 Å². The van der Waals surface area contributed by atoms with E-state index in [0.717, 1.165) is 15.6 Å². The fourth-order valence-corrected chi connectivity index (χ4v) is 3.36. The minimum atomic E-state index is -0.0853. The Balaban J connectivity index is 2.02. The van der Waals surface area contributed by atoms with Crippen molar-refractivity contribution in [2.45, 2.75) is 26.8 Å². The zero-order chi connectivity index (χ0) is 15.7. The molecule has 1 unspecified atom stereocenters. The molecule has 1 aromatic heterocycles. The van der Waals surface area contributed by atoms with Gasteiger partial charge in [-0.25, -0.2) is 9.78 Å². The van der Waals surface area contributed by atoms with Gasteiger partial charge in [-0.15, -0.1) is 11.3 Å². The fourth-order valence-electron chi connectivity index (χ4n) is 2.46. The molecular formula is C14H22N4O2S. The Morgan fingerprint density at radius 2 is 2.10 bits per heavy atom. The Bertz CT molecular complexity index is 557. The molecule has 21 heavy (non-hydrogen) atoms. The molecule has 7 heteroatoms. The second-order valence-corrected chi connectivity index (χ2v) is 6.89. The van der Waals surface area contributed by atoms with Gasteiger partial charge in [0.05, 0.1) is 16.7 Å². The van der Waals surface area contributed by atoms with Crippen LogP contribution in [0.4, 0.5) is 4.79 Å². The molecule has 116 valence electrons. The van der Waals surface area contributed by atoms with Crippen LogP contribution in [0.1, 0.15) is 28.5 Å². The zero-order valence-corrected chi connectivity index (χ0v) is 14.0. The molecule has 0 aromatic carbocycles. The van der Waals surface area contributed by atoms with E-state index in [4.69, 9.17) is 0 Å². The molecule has 1 atom stereocenters. The lowest BCUT2D eigenvalue weighted by Crippen LogP contribution is -2.41. The van der Waals surface area contributed by atoms with Crippen molar-refractivity contribution >= 4 is 23.3 Å². The summed E-state index contributed by atoms with van der Waals surface area (Å²) in [6.45, 7) is 7.37. The summed E-state index contributed by atoms with van der Waals surface area (Å²) in [6, 6.07) is -0.164. The minimum absolute atomic E-state index is 0.0591. The van der Waals surface area contributed by atoms with Gasteiger partial charge in [0.1, 0.15) is 6.54 Å². The molecule has 1 aromatic rings. The lowest BCUT2D eigenvalue weighted by Gasteiger charge is -2.26. The van der Waals surface area contributed by atoms with Crippen molar-refractivity contribution in [1.82, 2.24) is 19.7 Å². The van der Waals surface area contributed by atoms with Gasteiger partial charge in [0.25, 0.3) is 0 Å². The van der Waals surface area contributed by atoms with Crippen molar-refractivity contribution in [3.05, 3.63) is 15.6 Å². The van der Waals surface area contributed by atoms with E-state index in [1.165, 1.54) is 0 Å². The molecule has 2 heterocycles. The zero-order valence-electron chi connectivity index (χ0n) is 13.2. The molecule has 0 N–H and O–H groups in total. The van der Waals surface area contributed by atoms with Gasteiger partial charge >= 0.3 is 6.03 Å². The molecule has 1 aliphatic heterocycles. The van der Waals surface area contributed by atoms with Crippen LogP contribution < -0.4 is 0 Å². The number of likely N-dealkylation sites (N-methyl/N-ethyl adjacent to an activating group) is 2. The van der Waals surface area contributed by atoms with E-state index in [1.807, 2.05) is 20.8 Å². The number of carbonyl (C=O) groups excluding carboxylic acids is 2. The number of carbonyl (C=O) groups is 2. The van der Waals surface area contributed by atoms with Crippen molar-refractivity contribution < 1.29 is 9.59 Å². The van der Waals surface area contributed by atoms with Gasteiger partial charge in [0, 0.05) is 32.1 Å². The maximum atomic E-state index is 12.4. The van der Waals surface area contributed by atoms with Gasteiger partial charge in [0.15, 0.2) is 0 Å². The Kier molecular flexibility index (Phi) is 4.51. The van der Waals surface area contributed by atoms with Crippen LogP contribution in [0.15, 0.2) is 0 Å². The number of rotatable bonds is 4. The smallest absolute Gasteiger partial charge is 0.320 e.